The lowest BCUT2D eigenvalue weighted by Gasteiger charge is -2.46. The van der Waals surface area contributed by atoms with Gasteiger partial charge in [-0.2, -0.15) is 0 Å². The second kappa shape index (κ2) is 7.03. The number of likely N-dealkylation sites (N-methyl/N-ethyl adjacent to an activating group) is 2. The van der Waals surface area contributed by atoms with Crippen molar-refractivity contribution >= 4 is 0 Å². The molecule has 0 aromatic heterocycles. The van der Waals surface area contributed by atoms with Crippen LogP contribution < -0.4 is 5.32 Å². The topological polar surface area (TPSA) is 15.3 Å². The summed E-state index contributed by atoms with van der Waals surface area (Å²) in [5.74, 6) is 2.78. The molecule has 2 nitrogen and oxygen atoms in total. The van der Waals surface area contributed by atoms with E-state index in [0.29, 0.717) is 11.6 Å². The summed E-state index contributed by atoms with van der Waals surface area (Å²) in [7, 11) is 6.54. The fourth-order valence-corrected chi connectivity index (χ4v) is 3.36. The Kier molecular flexibility index (Phi) is 6.02. The van der Waals surface area contributed by atoms with Gasteiger partial charge in [0.15, 0.2) is 0 Å². The van der Waals surface area contributed by atoms with Crippen LogP contribution in [-0.2, 0) is 0 Å². The van der Waals surface area contributed by atoms with Crippen molar-refractivity contribution in [2.75, 3.05) is 21.1 Å². The van der Waals surface area contributed by atoms with Crippen LogP contribution >= 0.6 is 0 Å². The third-order valence-corrected chi connectivity index (χ3v) is 4.43. The molecule has 1 atom stereocenters. The maximum atomic E-state index is 5.42. The predicted molar refractivity (Wildman–Crippen MR) is 75.0 cm³/mol. The lowest BCUT2D eigenvalue weighted by Crippen LogP contribution is -2.58. The number of nitrogens with zero attached hydrogens (tertiary/aromatic N) is 1. The van der Waals surface area contributed by atoms with Gasteiger partial charge >= 0.3 is 0 Å². The monoisotopic (exact) mass is 236 g/mol. The van der Waals surface area contributed by atoms with Crippen LogP contribution in [0.15, 0.2) is 0 Å². The summed E-state index contributed by atoms with van der Waals surface area (Å²) < 4.78 is 0. The summed E-state index contributed by atoms with van der Waals surface area (Å²) in [6.07, 6.45) is 15.5. The molecule has 0 radical (unpaired) electrons. The number of hydrogen-bond donors (Lipinski definition) is 1. The maximum Gasteiger partial charge on any atom is 0.0356 e. The van der Waals surface area contributed by atoms with Crippen molar-refractivity contribution in [3.63, 3.8) is 0 Å². The molecule has 17 heavy (non-hydrogen) atoms. The molecule has 98 valence electrons. The molecule has 0 aromatic rings. The number of rotatable bonds is 5. The minimum absolute atomic E-state index is 0.308. The Balaban J connectivity index is 2.82. The molecule has 0 aromatic carbocycles. The van der Waals surface area contributed by atoms with Crippen molar-refractivity contribution in [2.45, 2.75) is 62.9 Å². The average Bonchev–Trinajstić information content (AvgIpc) is 2.57. The Hall–Kier alpha value is -0.520. The normalized spacial score (nSPS) is 21.8. The van der Waals surface area contributed by atoms with Crippen molar-refractivity contribution in [3.8, 4) is 12.3 Å². The highest BCUT2D eigenvalue weighted by molar-refractivity contribution is 5.01. The van der Waals surface area contributed by atoms with Crippen LogP contribution in [0.1, 0.15) is 51.4 Å². The molecule has 0 spiro atoms. The van der Waals surface area contributed by atoms with Gasteiger partial charge in [0.25, 0.3) is 0 Å². The van der Waals surface area contributed by atoms with Gasteiger partial charge < -0.3 is 10.2 Å². The second-order valence-corrected chi connectivity index (χ2v) is 5.50. The molecule has 0 heterocycles. The second-order valence-electron chi connectivity index (χ2n) is 5.50. The molecule has 2 heteroatoms. The zero-order valence-electron chi connectivity index (χ0n) is 11.8. The van der Waals surface area contributed by atoms with Crippen LogP contribution in [0.5, 0.6) is 0 Å². The highest BCUT2D eigenvalue weighted by Crippen LogP contribution is 2.35. The van der Waals surface area contributed by atoms with Crippen LogP contribution in [0.4, 0.5) is 0 Å². The van der Waals surface area contributed by atoms with E-state index in [-0.39, 0.29) is 0 Å². The van der Waals surface area contributed by atoms with Gasteiger partial charge in [0.05, 0.1) is 0 Å². The number of hydrogen-bond acceptors (Lipinski definition) is 2. The van der Waals surface area contributed by atoms with E-state index in [0.717, 1.165) is 12.8 Å². The van der Waals surface area contributed by atoms with E-state index in [1.54, 1.807) is 0 Å². The summed E-state index contributed by atoms with van der Waals surface area (Å²) in [6, 6.07) is 0.520. The van der Waals surface area contributed by atoms with Crippen molar-refractivity contribution < 1.29 is 0 Å². The molecule has 0 amide bonds. The van der Waals surface area contributed by atoms with Gasteiger partial charge in [0.2, 0.25) is 0 Å². The summed E-state index contributed by atoms with van der Waals surface area (Å²) in [4.78, 5) is 2.44. The van der Waals surface area contributed by atoms with Crippen LogP contribution in [0.25, 0.3) is 0 Å². The molecule has 1 aliphatic carbocycles. The van der Waals surface area contributed by atoms with E-state index in [1.165, 1.54) is 38.5 Å². The first-order valence-electron chi connectivity index (χ1n) is 6.95. The molecule has 1 aliphatic rings. The van der Waals surface area contributed by atoms with E-state index in [1.807, 2.05) is 0 Å². The first-order valence-corrected chi connectivity index (χ1v) is 6.95. The average molecular weight is 236 g/mol. The van der Waals surface area contributed by atoms with Gasteiger partial charge in [-0.25, -0.2) is 0 Å². The Morgan fingerprint density at radius 2 is 1.82 bits per heavy atom. The Morgan fingerprint density at radius 3 is 2.24 bits per heavy atom. The smallest absolute Gasteiger partial charge is 0.0356 e. The largest absolute Gasteiger partial charge is 0.315 e. The quantitative estimate of drug-likeness (QED) is 0.583. The number of terminal acetylenes is 1. The van der Waals surface area contributed by atoms with Crippen molar-refractivity contribution in [1.82, 2.24) is 10.2 Å². The zero-order valence-corrected chi connectivity index (χ0v) is 11.8. The van der Waals surface area contributed by atoms with Crippen molar-refractivity contribution in [2.24, 2.45) is 0 Å². The molecule has 1 fully saturated rings. The molecule has 0 saturated heterocycles. The first-order chi connectivity index (χ1) is 8.17. The van der Waals surface area contributed by atoms with E-state index >= 15 is 0 Å². The standard InChI is InChI=1S/C15H28N2/c1-5-6-11-14(16-2)15(17(3)4)12-9-7-8-10-13-15/h1,14,16H,6-13H2,2-4H3. The SMILES string of the molecule is C#CCCC(NC)C1(N(C)C)CCCCCC1. The van der Waals surface area contributed by atoms with Gasteiger partial charge in [-0.15, -0.1) is 12.3 Å². The van der Waals surface area contributed by atoms with Crippen molar-refractivity contribution in [1.29, 1.82) is 0 Å². The van der Waals surface area contributed by atoms with Gasteiger partial charge in [-0.3, -0.25) is 0 Å². The Morgan fingerprint density at radius 1 is 1.24 bits per heavy atom. The first kappa shape index (κ1) is 14.5. The fourth-order valence-electron chi connectivity index (χ4n) is 3.36. The minimum atomic E-state index is 0.308. The van der Waals surface area contributed by atoms with E-state index < -0.39 is 0 Å². The van der Waals surface area contributed by atoms with Gasteiger partial charge in [0.1, 0.15) is 0 Å². The summed E-state index contributed by atoms with van der Waals surface area (Å²) in [6.45, 7) is 0. The lowest BCUT2D eigenvalue weighted by molar-refractivity contribution is 0.0803. The van der Waals surface area contributed by atoms with Gasteiger partial charge in [-0.1, -0.05) is 25.7 Å². The molecular weight excluding hydrogens is 208 g/mol. The third-order valence-electron chi connectivity index (χ3n) is 4.43. The van der Waals surface area contributed by atoms with Crippen LogP contribution in [0, 0.1) is 12.3 Å². The molecule has 1 saturated carbocycles. The lowest BCUT2D eigenvalue weighted by atomic mass is 9.79. The molecule has 1 N–H and O–H groups in total. The van der Waals surface area contributed by atoms with Crippen LogP contribution in [0.3, 0.4) is 0 Å². The van der Waals surface area contributed by atoms with E-state index in [2.05, 4.69) is 37.3 Å². The molecule has 1 unspecified atom stereocenters. The van der Waals surface area contributed by atoms with Crippen molar-refractivity contribution in [3.05, 3.63) is 0 Å². The van der Waals surface area contributed by atoms with Gasteiger partial charge in [-0.05, 0) is 40.4 Å². The third kappa shape index (κ3) is 3.47. The van der Waals surface area contributed by atoms with Crippen LogP contribution in [0.2, 0.25) is 0 Å². The highest BCUT2D eigenvalue weighted by atomic mass is 15.2. The number of nitrogens with one attached hydrogen (secondary N) is 1. The van der Waals surface area contributed by atoms with E-state index in [9.17, 15) is 0 Å². The Labute approximate surface area is 107 Å². The minimum Gasteiger partial charge on any atom is -0.315 e. The summed E-state index contributed by atoms with van der Waals surface area (Å²) >= 11 is 0. The van der Waals surface area contributed by atoms with E-state index in [4.69, 9.17) is 6.42 Å². The molecule has 0 bridgehead atoms. The maximum absolute atomic E-state index is 5.42. The molecular formula is C15H28N2. The van der Waals surface area contributed by atoms with Crippen LogP contribution in [-0.4, -0.2) is 37.6 Å². The predicted octanol–water partition coefficient (Wildman–Crippen LogP) is 2.64. The van der Waals surface area contributed by atoms with Gasteiger partial charge in [0, 0.05) is 18.0 Å². The highest BCUT2D eigenvalue weighted by Gasteiger charge is 2.39. The Bertz CT molecular complexity index is 244. The molecule has 0 aliphatic heterocycles. The molecule has 1 rings (SSSR count). The fraction of sp³-hybridized carbons (Fsp3) is 0.867. The summed E-state index contributed by atoms with van der Waals surface area (Å²) in [5, 5.41) is 3.52. The zero-order chi connectivity index (χ0) is 12.7. The summed E-state index contributed by atoms with van der Waals surface area (Å²) in [5.41, 5.74) is 0.308.